The fourth-order valence-corrected chi connectivity index (χ4v) is 3.95. The van der Waals surface area contributed by atoms with E-state index in [1.165, 1.54) is 0 Å². The third-order valence-corrected chi connectivity index (χ3v) is 5.67. The normalized spacial score (nSPS) is 14.0. The van der Waals surface area contributed by atoms with E-state index < -0.39 is 0 Å². The predicted octanol–water partition coefficient (Wildman–Crippen LogP) is 3.68. The number of ether oxygens (including phenoxy) is 2. The van der Waals surface area contributed by atoms with Crippen LogP contribution in [0, 0.1) is 0 Å². The maximum absolute atomic E-state index is 12.9. The summed E-state index contributed by atoms with van der Waals surface area (Å²) in [6.07, 6.45) is 5.38. The Hall–Kier alpha value is -3.74. The molecule has 4 rings (SSSR count). The van der Waals surface area contributed by atoms with Crippen LogP contribution in [0.2, 0.25) is 0 Å². The van der Waals surface area contributed by atoms with Crippen LogP contribution in [0.1, 0.15) is 30.1 Å². The first kappa shape index (κ1) is 22.5. The number of amides is 2. The number of likely N-dealkylation sites (tertiary alicyclic amines) is 1. The second-order valence-electron chi connectivity index (χ2n) is 7.94. The molecule has 3 aromatic rings. The molecule has 0 aliphatic carbocycles. The number of hydrogen-bond acceptors (Lipinski definition) is 4. The molecular formula is C26H29N3O4. The van der Waals surface area contributed by atoms with Gasteiger partial charge in [-0.05, 0) is 68.3 Å². The number of nitrogens with one attached hydrogen (secondary N) is 1. The van der Waals surface area contributed by atoms with E-state index >= 15 is 0 Å². The van der Waals surface area contributed by atoms with Gasteiger partial charge in [-0.1, -0.05) is 12.1 Å². The molecule has 1 saturated heterocycles. The quantitative estimate of drug-likeness (QED) is 0.572. The summed E-state index contributed by atoms with van der Waals surface area (Å²) in [4.78, 5) is 27.1. The highest BCUT2D eigenvalue weighted by Crippen LogP contribution is 2.26. The molecule has 1 fully saturated rings. The van der Waals surface area contributed by atoms with Crippen LogP contribution in [0.5, 0.6) is 11.5 Å². The number of hydrogen-bond donors (Lipinski definition) is 1. The van der Waals surface area contributed by atoms with Crippen LogP contribution in [0.15, 0.2) is 73.1 Å². The molecule has 1 aromatic heterocycles. The Morgan fingerprint density at radius 1 is 0.909 bits per heavy atom. The van der Waals surface area contributed by atoms with Crippen molar-refractivity contribution in [3.05, 3.63) is 78.6 Å². The van der Waals surface area contributed by atoms with Crippen molar-refractivity contribution in [2.75, 3.05) is 26.3 Å². The minimum Gasteiger partial charge on any atom is -0.490 e. The summed E-state index contributed by atoms with van der Waals surface area (Å²) in [7, 11) is 0. The first-order valence-electron chi connectivity index (χ1n) is 11.3. The van der Waals surface area contributed by atoms with Crippen LogP contribution in [0.25, 0.3) is 5.69 Å². The van der Waals surface area contributed by atoms with Gasteiger partial charge in [0.1, 0.15) is 0 Å². The largest absolute Gasteiger partial charge is 0.490 e. The van der Waals surface area contributed by atoms with Crippen LogP contribution in [-0.2, 0) is 4.79 Å². The average molecular weight is 448 g/mol. The van der Waals surface area contributed by atoms with Gasteiger partial charge in [-0.2, -0.15) is 0 Å². The van der Waals surface area contributed by atoms with Crippen molar-refractivity contribution in [2.45, 2.75) is 25.8 Å². The maximum atomic E-state index is 12.9. The van der Waals surface area contributed by atoms with Gasteiger partial charge in [0.15, 0.2) is 18.1 Å². The molecule has 172 valence electrons. The van der Waals surface area contributed by atoms with E-state index in [2.05, 4.69) is 5.32 Å². The molecule has 0 bridgehead atoms. The summed E-state index contributed by atoms with van der Waals surface area (Å²) in [5.41, 5.74) is 1.69. The van der Waals surface area contributed by atoms with E-state index in [0.717, 1.165) is 5.69 Å². The van der Waals surface area contributed by atoms with Crippen LogP contribution < -0.4 is 14.8 Å². The molecule has 7 nitrogen and oxygen atoms in total. The molecule has 1 aliphatic heterocycles. The zero-order valence-corrected chi connectivity index (χ0v) is 18.8. The number of carbonyl (C=O) groups is 2. The molecule has 2 aromatic carbocycles. The van der Waals surface area contributed by atoms with E-state index in [1.54, 1.807) is 6.07 Å². The predicted molar refractivity (Wildman–Crippen MR) is 126 cm³/mol. The molecule has 0 atom stereocenters. The summed E-state index contributed by atoms with van der Waals surface area (Å²) in [6, 6.07) is 18.9. The van der Waals surface area contributed by atoms with E-state index in [1.807, 2.05) is 83.4 Å². The maximum Gasteiger partial charge on any atom is 0.258 e. The number of carbonyl (C=O) groups excluding carboxylic acids is 2. The van der Waals surface area contributed by atoms with Gasteiger partial charge < -0.3 is 24.3 Å². The molecule has 2 amide bonds. The zero-order valence-electron chi connectivity index (χ0n) is 18.8. The van der Waals surface area contributed by atoms with Gasteiger partial charge in [-0.3, -0.25) is 9.59 Å². The molecule has 0 unspecified atom stereocenters. The van der Waals surface area contributed by atoms with Crippen LogP contribution in [-0.4, -0.2) is 53.6 Å². The molecule has 0 spiro atoms. The third-order valence-electron chi connectivity index (χ3n) is 5.67. The lowest BCUT2D eigenvalue weighted by atomic mass is 10.0. The lowest BCUT2D eigenvalue weighted by Gasteiger charge is -2.32. The van der Waals surface area contributed by atoms with Gasteiger partial charge in [-0.15, -0.1) is 0 Å². The highest BCUT2D eigenvalue weighted by atomic mass is 16.5. The van der Waals surface area contributed by atoms with Crippen molar-refractivity contribution in [1.29, 1.82) is 0 Å². The lowest BCUT2D eigenvalue weighted by Crippen LogP contribution is -2.47. The van der Waals surface area contributed by atoms with Gasteiger partial charge in [0.2, 0.25) is 0 Å². The summed E-state index contributed by atoms with van der Waals surface area (Å²) in [6.45, 7) is 3.58. The average Bonchev–Trinajstić information content (AvgIpc) is 3.39. The Morgan fingerprint density at radius 2 is 1.55 bits per heavy atom. The van der Waals surface area contributed by atoms with Crippen LogP contribution >= 0.6 is 0 Å². The Labute approximate surface area is 193 Å². The number of rotatable bonds is 8. The summed E-state index contributed by atoms with van der Waals surface area (Å²) in [5.74, 6) is 1.03. The molecule has 2 heterocycles. The number of nitrogens with zero attached hydrogens (tertiary/aromatic N) is 2. The number of aromatic nitrogens is 1. The summed E-state index contributed by atoms with van der Waals surface area (Å²) >= 11 is 0. The van der Waals surface area contributed by atoms with E-state index in [0.29, 0.717) is 49.6 Å². The van der Waals surface area contributed by atoms with Crippen molar-refractivity contribution in [3.8, 4) is 17.2 Å². The first-order chi connectivity index (χ1) is 16.1. The SMILES string of the molecule is CCOc1ccccc1OCC(=O)NC1CCN(C(=O)c2ccc(-n3cccc3)cc2)CC1. The van der Waals surface area contributed by atoms with Crippen molar-refractivity contribution in [3.63, 3.8) is 0 Å². The van der Waals surface area contributed by atoms with E-state index in [4.69, 9.17) is 9.47 Å². The molecular weight excluding hydrogens is 418 g/mol. The third kappa shape index (κ3) is 5.74. The van der Waals surface area contributed by atoms with E-state index in [-0.39, 0.29) is 24.5 Å². The smallest absolute Gasteiger partial charge is 0.258 e. The Bertz CT molecular complexity index is 1060. The standard InChI is InChI=1S/C26H29N3O4/c1-2-32-23-7-3-4-8-24(23)33-19-25(30)27-21-13-17-29(18-14-21)26(31)20-9-11-22(12-10-20)28-15-5-6-16-28/h3-12,15-16,21H,2,13-14,17-19H2,1H3,(H,27,30). The minimum absolute atomic E-state index is 0.0229. The van der Waals surface area contributed by atoms with Crippen LogP contribution in [0.4, 0.5) is 0 Å². The number of para-hydroxylation sites is 2. The highest BCUT2D eigenvalue weighted by Gasteiger charge is 2.24. The van der Waals surface area contributed by atoms with Crippen molar-refractivity contribution < 1.29 is 19.1 Å². The Morgan fingerprint density at radius 3 is 2.18 bits per heavy atom. The fourth-order valence-electron chi connectivity index (χ4n) is 3.95. The second kappa shape index (κ2) is 10.7. The Kier molecular flexibility index (Phi) is 7.29. The Balaban J connectivity index is 1.23. The van der Waals surface area contributed by atoms with E-state index in [9.17, 15) is 9.59 Å². The van der Waals surface area contributed by atoms with Gasteiger partial charge in [0.25, 0.3) is 11.8 Å². The summed E-state index contributed by atoms with van der Waals surface area (Å²) < 4.78 is 13.2. The molecule has 1 N–H and O–H groups in total. The minimum atomic E-state index is -0.174. The zero-order chi connectivity index (χ0) is 23.0. The fraction of sp³-hybridized carbons (Fsp3) is 0.308. The lowest BCUT2D eigenvalue weighted by molar-refractivity contribution is -0.124. The molecule has 33 heavy (non-hydrogen) atoms. The topological polar surface area (TPSA) is 72.8 Å². The second-order valence-corrected chi connectivity index (χ2v) is 7.94. The molecule has 0 saturated carbocycles. The van der Waals surface area contributed by atoms with Crippen molar-refractivity contribution in [1.82, 2.24) is 14.8 Å². The van der Waals surface area contributed by atoms with Crippen molar-refractivity contribution in [2.24, 2.45) is 0 Å². The monoisotopic (exact) mass is 447 g/mol. The van der Waals surface area contributed by atoms with Gasteiger partial charge in [-0.25, -0.2) is 0 Å². The van der Waals surface area contributed by atoms with Gasteiger partial charge >= 0.3 is 0 Å². The van der Waals surface area contributed by atoms with Crippen molar-refractivity contribution >= 4 is 11.8 Å². The highest BCUT2D eigenvalue weighted by molar-refractivity contribution is 5.94. The molecule has 1 aliphatic rings. The molecule has 7 heteroatoms. The molecule has 0 radical (unpaired) electrons. The number of benzene rings is 2. The first-order valence-corrected chi connectivity index (χ1v) is 11.3. The van der Waals surface area contributed by atoms with Gasteiger partial charge in [0, 0.05) is 42.8 Å². The summed E-state index contributed by atoms with van der Waals surface area (Å²) in [5, 5.41) is 3.02. The number of piperidine rings is 1. The van der Waals surface area contributed by atoms with Gasteiger partial charge in [0.05, 0.1) is 6.61 Å². The van der Waals surface area contributed by atoms with Crippen LogP contribution in [0.3, 0.4) is 0 Å².